The number of hydrogen-bond donors (Lipinski definition) is 0. The molecule has 0 spiro atoms. The van der Waals surface area contributed by atoms with Crippen LogP contribution in [0.4, 0.5) is 5.69 Å². The van der Waals surface area contributed by atoms with Crippen molar-refractivity contribution < 1.29 is 14.3 Å². The number of fused-ring (bicyclic) bond motifs is 1. The minimum atomic E-state index is -0.517. The van der Waals surface area contributed by atoms with Gasteiger partial charge in [0.15, 0.2) is 11.2 Å². The maximum Gasteiger partial charge on any atom is 0.266 e. The Bertz CT molecular complexity index is 761. The molecule has 0 bridgehead atoms. The number of rotatable bonds is 7. The van der Waals surface area contributed by atoms with E-state index >= 15 is 0 Å². The van der Waals surface area contributed by atoms with Crippen LogP contribution in [0.25, 0.3) is 0 Å². The van der Waals surface area contributed by atoms with E-state index in [0.29, 0.717) is 12.2 Å². The first kappa shape index (κ1) is 17.7. The summed E-state index contributed by atoms with van der Waals surface area (Å²) in [7, 11) is 1.72. The Morgan fingerprint density at radius 1 is 1.40 bits per heavy atom. The van der Waals surface area contributed by atoms with Gasteiger partial charge in [-0.25, -0.2) is 4.98 Å². The van der Waals surface area contributed by atoms with E-state index in [1.807, 2.05) is 6.07 Å². The van der Waals surface area contributed by atoms with E-state index in [1.165, 1.54) is 11.8 Å². The molecule has 6 nitrogen and oxygen atoms in total. The van der Waals surface area contributed by atoms with Crippen LogP contribution in [0.3, 0.4) is 0 Å². The molecule has 0 radical (unpaired) electrons. The van der Waals surface area contributed by atoms with Gasteiger partial charge in [0.25, 0.3) is 5.91 Å². The third-order valence-electron chi connectivity index (χ3n) is 4.06. The van der Waals surface area contributed by atoms with E-state index in [2.05, 4.69) is 11.9 Å². The van der Waals surface area contributed by atoms with Crippen molar-refractivity contribution in [2.24, 2.45) is 0 Å². The van der Waals surface area contributed by atoms with E-state index in [0.717, 1.165) is 23.4 Å². The number of aromatic nitrogens is 2. The zero-order valence-electron chi connectivity index (χ0n) is 14.3. The van der Waals surface area contributed by atoms with Crippen molar-refractivity contribution in [3.63, 3.8) is 0 Å². The van der Waals surface area contributed by atoms with E-state index < -0.39 is 5.44 Å². The Labute approximate surface area is 151 Å². The highest BCUT2D eigenvalue weighted by Gasteiger charge is 2.32. The van der Waals surface area contributed by atoms with Crippen molar-refractivity contribution in [3.05, 3.63) is 42.5 Å². The fourth-order valence-electron chi connectivity index (χ4n) is 2.57. The van der Waals surface area contributed by atoms with Gasteiger partial charge < -0.3 is 14.2 Å². The molecule has 1 aliphatic heterocycles. The maximum absolute atomic E-state index is 12.5. The number of ether oxygens (including phenoxy) is 1. The molecule has 0 aliphatic carbocycles. The molecule has 2 heterocycles. The predicted molar refractivity (Wildman–Crippen MR) is 96.9 cm³/mol. The van der Waals surface area contributed by atoms with E-state index in [1.54, 1.807) is 47.4 Å². The fraction of sp³-hybridized carbons (Fsp3) is 0.389. The molecule has 1 aliphatic rings. The van der Waals surface area contributed by atoms with Gasteiger partial charge in [-0.15, -0.1) is 0 Å². The summed E-state index contributed by atoms with van der Waals surface area (Å²) in [5, 5.41) is 0. The lowest BCUT2D eigenvalue weighted by Gasteiger charge is -2.31. The van der Waals surface area contributed by atoms with Crippen LogP contribution in [0.1, 0.15) is 30.1 Å². The van der Waals surface area contributed by atoms with Crippen LogP contribution in [-0.2, 0) is 16.1 Å². The number of ketones is 1. The Hall–Kier alpha value is -2.12. The number of benzene rings is 1. The molecule has 7 heteroatoms. The third kappa shape index (κ3) is 3.93. The number of likely N-dealkylation sites (N-methyl/N-ethyl adjacent to an activating group) is 1. The topological polar surface area (TPSA) is 64.4 Å². The van der Waals surface area contributed by atoms with Crippen LogP contribution in [0.5, 0.6) is 0 Å². The van der Waals surface area contributed by atoms with Gasteiger partial charge >= 0.3 is 0 Å². The van der Waals surface area contributed by atoms with Crippen molar-refractivity contribution in [1.82, 2.24) is 9.55 Å². The lowest BCUT2D eigenvalue weighted by Crippen LogP contribution is -2.39. The second-order valence-corrected chi connectivity index (χ2v) is 7.02. The molecule has 1 aromatic heterocycles. The molecule has 1 atom stereocenters. The molecule has 132 valence electrons. The maximum atomic E-state index is 12.5. The van der Waals surface area contributed by atoms with Crippen LogP contribution in [0, 0.1) is 0 Å². The van der Waals surface area contributed by atoms with Gasteiger partial charge in [-0.3, -0.25) is 9.59 Å². The molecule has 1 unspecified atom stereocenters. The number of hydrogen-bond acceptors (Lipinski definition) is 5. The molecular weight excluding hydrogens is 338 g/mol. The molecule has 25 heavy (non-hydrogen) atoms. The average molecular weight is 359 g/mol. The fourth-order valence-corrected chi connectivity index (χ4v) is 3.69. The van der Waals surface area contributed by atoms with Crippen molar-refractivity contribution in [2.75, 3.05) is 18.6 Å². The molecule has 0 saturated heterocycles. The first-order valence-electron chi connectivity index (χ1n) is 8.29. The summed E-state index contributed by atoms with van der Waals surface area (Å²) in [5.74, 6) is -0.110. The third-order valence-corrected chi connectivity index (χ3v) is 5.21. The van der Waals surface area contributed by atoms with E-state index in [-0.39, 0.29) is 18.2 Å². The Kier molecular flexibility index (Phi) is 5.55. The largest absolute Gasteiger partial charge is 0.357 e. The number of amides is 1. The highest BCUT2D eigenvalue weighted by atomic mass is 32.2. The van der Waals surface area contributed by atoms with E-state index in [4.69, 9.17) is 4.74 Å². The molecule has 2 aromatic rings. The number of imidazole rings is 1. The van der Waals surface area contributed by atoms with Gasteiger partial charge in [0, 0.05) is 36.5 Å². The number of nitrogens with zero attached hydrogens (tertiary/aromatic N) is 3. The zero-order chi connectivity index (χ0) is 17.8. The average Bonchev–Trinajstić information content (AvgIpc) is 3.12. The molecule has 1 amide bonds. The molecular formula is C18H21N3O3S. The first-order chi connectivity index (χ1) is 12.1. The highest BCUT2D eigenvalue weighted by molar-refractivity contribution is 8.00. The summed E-state index contributed by atoms with van der Waals surface area (Å²) in [6, 6.07) is 5.47. The quantitative estimate of drug-likeness (QED) is 0.562. The predicted octanol–water partition coefficient (Wildman–Crippen LogP) is 2.98. The molecule has 1 aromatic carbocycles. The summed E-state index contributed by atoms with van der Waals surface area (Å²) in [6.45, 7) is 2.89. The highest BCUT2D eigenvalue weighted by Crippen LogP contribution is 2.39. The second-order valence-electron chi connectivity index (χ2n) is 5.91. The summed E-state index contributed by atoms with van der Waals surface area (Å²) >= 11 is 1.41. The van der Waals surface area contributed by atoms with Crippen molar-refractivity contribution in [3.8, 4) is 0 Å². The minimum Gasteiger partial charge on any atom is -0.357 e. The Balaban J connectivity index is 1.76. The number of thioether (sulfide) groups is 1. The van der Waals surface area contributed by atoms with Gasteiger partial charge in [-0.2, -0.15) is 0 Å². The van der Waals surface area contributed by atoms with Gasteiger partial charge in [-0.05, 0) is 18.6 Å². The smallest absolute Gasteiger partial charge is 0.266 e. The van der Waals surface area contributed by atoms with Crippen molar-refractivity contribution in [2.45, 2.75) is 36.6 Å². The van der Waals surface area contributed by atoms with Crippen molar-refractivity contribution >= 4 is 29.1 Å². The molecule has 3 rings (SSSR count). The molecule has 0 fully saturated rings. The number of carbonyl (C=O) groups excluding carboxylic acids is 2. The lowest BCUT2D eigenvalue weighted by atomic mass is 10.1. The zero-order valence-corrected chi connectivity index (χ0v) is 15.2. The SMILES string of the molecule is CCCCOC1Sc2ccc(C(=O)Cn3ccnc3)cc2N(C)C1=O. The Morgan fingerprint density at radius 2 is 2.24 bits per heavy atom. The summed E-state index contributed by atoms with van der Waals surface area (Å²) in [5.41, 5.74) is 0.816. The van der Waals surface area contributed by atoms with Gasteiger partial charge in [0.1, 0.15) is 0 Å². The first-order valence-corrected chi connectivity index (χ1v) is 9.17. The van der Waals surface area contributed by atoms with Crippen molar-refractivity contribution in [1.29, 1.82) is 0 Å². The Morgan fingerprint density at radius 3 is 2.96 bits per heavy atom. The van der Waals surface area contributed by atoms with Crippen LogP contribution in [0.15, 0.2) is 41.8 Å². The number of unbranched alkanes of at least 4 members (excludes halogenated alkanes) is 1. The minimum absolute atomic E-state index is 0.0204. The second kappa shape index (κ2) is 7.84. The van der Waals surface area contributed by atoms with E-state index in [9.17, 15) is 9.59 Å². The van der Waals surface area contributed by atoms with Gasteiger partial charge in [-0.1, -0.05) is 31.2 Å². The number of Topliss-reactive ketones (excluding diaryl/α,β-unsaturated/α-hetero) is 1. The summed E-state index contributed by atoms with van der Waals surface area (Å²) < 4.78 is 7.43. The van der Waals surface area contributed by atoms with Gasteiger partial charge in [0.2, 0.25) is 0 Å². The van der Waals surface area contributed by atoms with Crippen LogP contribution < -0.4 is 4.90 Å². The monoisotopic (exact) mass is 359 g/mol. The standard InChI is InChI=1S/C18H21N3O3S/c1-3-4-9-24-18-17(23)20(2)14-10-13(5-6-16(14)25-18)15(22)11-21-8-7-19-12-21/h5-8,10,12,18H,3-4,9,11H2,1-2H3. The van der Waals surface area contributed by atoms with Crippen LogP contribution in [0.2, 0.25) is 0 Å². The number of anilines is 1. The molecule has 0 saturated carbocycles. The summed E-state index contributed by atoms with van der Waals surface area (Å²) in [4.78, 5) is 31.4. The summed E-state index contributed by atoms with van der Waals surface area (Å²) in [6.07, 6.45) is 6.96. The lowest BCUT2D eigenvalue weighted by molar-refractivity contribution is -0.125. The van der Waals surface area contributed by atoms with Crippen LogP contribution >= 0.6 is 11.8 Å². The van der Waals surface area contributed by atoms with Crippen LogP contribution in [-0.4, -0.2) is 40.3 Å². The normalized spacial score (nSPS) is 16.8. The van der Waals surface area contributed by atoms with Gasteiger partial charge in [0.05, 0.1) is 18.6 Å². The number of carbonyl (C=O) groups is 2. The molecule has 0 N–H and O–H groups in total.